The van der Waals surface area contributed by atoms with Gasteiger partial charge in [-0.15, -0.1) is 0 Å². The van der Waals surface area contributed by atoms with E-state index in [4.69, 9.17) is 0 Å². The van der Waals surface area contributed by atoms with Crippen molar-refractivity contribution >= 4 is 5.69 Å². The second-order valence-electron chi connectivity index (χ2n) is 5.38. The van der Waals surface area contributed by atoms with Gasteiger partial charge in [-0.1, -0.05) is 54.6 Å². The minimum Gasteiger partial charge on any atom is -0.381 e. The molecular formula is C20H18FN. The molecule has 0 saturated carbocycles. The summed E-state index contributed by atoms with van der Waals surface area (Å²) in [6, 6.07) is 23.3. The molecule has 0 unspecified atom stereocenters. The van der Waals surface area contributed by atoms with Crippen LogP contribution in [0.4, 0.5) is 10.1 Å². The van der Waals surface area contributed by atoms with Crippen LogP contribution in [0.2, 0.25) is 0 Å². The fraction of sp³-hybridized carbons (Fsp3) is 0.100. The number of halogens is 1. The van der Waals surface area contributed by atoms with Crippen LogP contribution in [0.15, 0.2) is 72.8 Å². The molecule has 0 fully saturated rings. The molecule has 3 rings (SSSR count). The Bertz CT molecular complexity index is 748. The number of hydrogen-bond donors (Lipinski definition) is 1. The largest absolute Gasteiger partial charge is 0.381 e. The van der Waals surface area contributed by atoms with Crippen molar-refractivity contribution in [3.05, 3.63) is 89.7 Å². The zero-order valence-corrected chi connectivity index (χ0v) is 12.5. The van der Waals surface area contributed by atoms with E-state index in [9.17, 15) is 4.39 Å². The Hall–Kier alpha value is -2.61. The molecule has 2 heteroatoms. The second kappa shape index (κ2) is 6.44. The van der Waals surface area contributed by atoms with Crippen LogP contribution in [-0.4, -0.2) is 0 Å². The lowest BCUT2D eigenvalue weighted by atomic mass is 10.0. The van der Waals surface area contributed by atoms with Crippen molar-refractivity contribution < 1.29 is 4.39 Å². The Morgan fingerprint density at radius 1 is 0.818 bits per heavy atom. The van der Waals surface area contributed by atoms with E-state index in [1.165, 1.54) is 28.8 Å². The van der Waals surface area contributed by atoms with Crippen molar-refractivity contribution in [3.63, 3.8) is 0 Å². The van der Waals surface area contributed by atoms with E-state index >= 15 is 0 Å². The van der Waals surface area contributed by atoms with Crippen molar-refractivity contribution in [1.82, 2.24) is 0 Å². The summed E-state index contributed by atoms with van der Waals surface area (Å²) in [5.74, 6) is -0.203. The summed E-state index contributed by atoms with van der Waals surface area (Å²) < 4.78 is 12.9. The topological polar surface area (TPSA) is 12.0 Å². The van der Waals surface area contributed by atoms with Gasteiger partial charge in [-0.25, -0.2) is 4.39 Å². The lowest BCUT2D eigenvalue weighted by Crippen LogP contribution is -2.01. The van der Waals surface area contributed by atoms with E-state index < -0.39 is 0 Å². The highest BCUT2D eigenvalue weighted by Gasteiger charge is 2.03. The molecular weight excluding hydrogens is 273 g/mol. The van der Waals surface area contributed by atoms with E-state index in [1.54, 1.807) is 12.1 Å². The molecule has 0 atom stereocenters. The van der Waals surface area contributed by atoms with E-state index in [0.717, 1.165) is 11.3 Å². The van der Waals surface area contributed by atoms with Crippen LogP contribution in [0.1, 0.15) is 11.1 Å². The molecule has 0 radical (unpaired) electrons. The highest BCUT2D eigenvalue weighted by atomic mass is 19.1. The Morgan fingerprint density at radius 2 is 1.55 bits per heavy atom. The SMILES string of the molecule is Cc1ccc(-c2ccccc2)cc1NCc1ccc(F)cc1. The van der Waals surface area contributed by atoms with Crippen molar-refractivity contribution in [1.29, 1.82) is 0 Å². The molecule has 22 heavy (non-hydrogen) atoms. The van der Waals surface area contributed by atoms with Crippen LogP contribution in [0.3, 0.4) is 0 Å². The van der Waals surface area contributed by atoms with Crippen LogP contribution in [0, 0.1) is 12.7 Å². The summed E-state index contributed by atoms with van der Waals surface area (Å²) in [7, 11) is 0. The van der Waals surface area contributed by atoms with Crippen LogP contribution < -0.4 is 5.32 Å². The number of rotatable bonds is 4. The lowest BCUT2D eigenvalue weighted by Gasteiger charge is -2.12. The van der Waals surface area contributed by atoms with Gasteiger partial charge in [0, 0.05) is 12.2 Å². The molecule has 0 aliphatic heterocycles. The highest BCUT2D eigenvalue weighted by Crippen LogP contribution is 2.25. The van der Waals surface area contributed by atoms with Gasteiger partial charge in [-0.2, -0.15) is 0 Å². The van der Waals surface area contributed by atoms with Crippen LogP contribution in [0.25, 0.3) is 11.1 Å². The maximum absolute atomic E-state index is 12.9. The minimum absolute atomic E-state index is 0.203. The van der Waals surface area contributed by atoms with Crippen LogP contribution in [0.5, 0.6) is 0 Å². The third kappa shape index (κ3) is 3.34. The lowest BCUT2D eigenvalue weighted by molar-refractivity contribution is 0.627. The van der Waals surface area contributed by atoms with Crippen molar-refractivity contribution in [2.45, 2.75) is 13.5 Å². The van der Waals surface area contributed by atoms with Gasteiger partial charge in [-0.3, -0.25) is 0 Å². The number of hydrogen-bond acceptors (Lipinski definition) is 1. The fourth-order valence-electron chi connectivity index (χ4n) is 2.42. The summed E-state index contributed by atoms with van der Waals surface area (Å²) in [5, 5.41) is 3.44. The molecule has 0 aliphatic rings. The predicted molar refractivity (Wildman–Crippen MR) is 90.3 cm³/mol. The minimum atomic E-state index is -0.203. The summed E-state index contributed by atoms with van der Waals surface area (Å²) in [6.07, 6.45) is 0. The third-order valence-electron chi connectivity index (χ3n) is 3.74. The molecule has 0 heterocycles. The monoisotopic (exact) mass is 291 g/mol. The van der Waals surface area contributed by atoms with Crippen molar-refractivity contribution in [2.24, 2.45) is 0 Å². The van der Waals surface area contributed by atoms with Gasteiger partial charge >= 0.3 is 0 Å². The average Bonchev–Trinajstić information content (AvgIpc) is 2.56. The second-order valence-corrected chi connectivity index (χ2v) is 5.38. The van der Waals surface area contributed by atoms with Gasteiger partial charge in [0.2, 0.25) is 0 Å². The van der Waals surface area contributed by atoms with Gasteiger partial charge in [0.1, 0.15) is 5.82 Å². The van der Waals surface area contributed by atoms with Gasteiger partial charge < -0.3 is 5.32 Å². The average molecular weight is 291 g/mol. The van der Waals surface area contributed by atoms with Crippen molar-refractivity contribution in [2.75, 3.05) is 5.32 Å². The Kier molecular flexibility index (Phi) is 4.19. The molecule has 110 valence electrons. The molecule has 0 amide bonds. The number of aryl methyl sites for hydroxylation is 1. The molecule has 1 N–H and O–H groups in total. The predicted octanol–water partition coefficient (Wildman–Crippen LogP) is 5.41. The number of anilines is 1. The molecule has 1 nitrogen and oxygen atoms in total. The third-order valence-corrected chi connectivity index (χ3v) is 3.74. The first-order valence-electron chi connectivity index (χ1n) is 7.37. The highest BCUT2D eigenvalue weighted by molar-refractivity contribution is 5.69. The molecule has 3 aromatic carbocycles. The zero-order chi connectivity index (χ0) is 15.4. The summed E-state index contributed by atoms with van der Waals surface area (Å²) >= 11 is 0. The first-order valence-corrected chi connectivity index (χ1v) is 7.37. The summed E-state index contributed by atoms with van der Waals surface area (Å²) in [4.78, 5) is 0. The Labute approximate surface area is 130 Å². The van der Waals surface area contributed by atoms with Gasteiger partial charge in [0.15, 0.2) is 0 Å². The quantitative estimate of drug-likeness (QED) is 0.677. The van der Waals surface area contributed by atoms with Crippen LogP contribution >= 0.6 is 0 Å². The molecule has 0 aliphatic carbocycles. The molecule has 0 spiro atoms. The van der Waals surface area contributed by atoms with E-state index in [-0.39, 0.29) is 5.82 Å². The first kappa shape index (κ1) is 14.3. The summed E-state index contributed by atoms with van der Waals surface area (Å²) in [6.45, 7) is 2.77. The smallest absolute Gasteiger partial charge is 0.123 e. The van der Waals surface area contributed by atoms with Gasteiger partial charge in [-0.05, 0) is 47.4 Å². The molecule has 3 aromatic rings. The Balaban J connectivity index is 1.80. The van der Waals surface area contributed by atoms with E-state index in [2.05, 4.69) is 42.6 Å². The molecule has 0 aromatic heterocycles. The standard InChI is InChI=1S/C20H18FN/c1-15-7-10-18(17-5-3-2-4-6-17)13-20(15)22-14-16-8-11-19(21)12-9-16/h2-13,22H,14H2,1H3. The normalized spacial score (nSPS) is 10.5. The number of nitrogens with one attached hydrogen (secondary N) is 1. The van der Waals surface area contributed by atoms with Crippen LogP contribution in [-0.2, 0) is 6.54 Å². The zero-order valence-electron chi connectivity index (χ0n) is 12.5. The number of benzene rings is 3. The maximum Gasteiger partial charge on any atom is 0.123 e. The summed E-state index contributed by atoms with van der Waals surface area (Å²) in [5.41, 5.74) is 5.75. The van der Waals surface area contributed by atoms with Gasteiger partial charge in [0.05, 0.1) is 0 Å². The van der Waals surface area contributed by atoms with Crippen molar-refractivity contribution in [3.8, 4) is 11.1 Å². The molecule has 0 saturated heterocycles. The molecule has 0 bridgehead atoms. The van der Waals surface area contributed by atoms with E-state index in [0.29, 0.717) is 6.54 Å². The first-order chi connectivity index (χ1) is 10.7. The Morgan fingerprint density at radius 3 is 2.27 bits per heavy atom. The maximum atomic E-state index is 12.9. The van der Waals surface area contributed by atoms with E-state index in [1.807, 2.05) is 18.2 Å². The van der Waals surface area contributed by atoms with Gasteiger partial charge in [0.25, 0.3) is 0 Å². The fourth-order valence-corrected chi connectivity index (χ4v) is 2.42.